The van der Waals surface area contributed by atoms with Gasteiger partial charge in [-0.3, -0.25) is 9.36 Å². The molecule has 10 nitrogen and oxygen atoms in total. The van der Waals surface area contributed by atoms with Crippen LogP contribution >= 0.6 is 0 Å². The standard InChI is InChI=1S/C19H19N9O/c1-14-20-9-10-27(14)18-11-17(23-13-24-18)21-7-8-22-19(29)16-12-25-28(26-16)15-5-3-2-4-6-15/h2-6,9-13H,7-8H2,1H3,(H,22,29)(H,21,23,24). The SMILES string of the molecule is Cc1nccn1-c1cc(NCCNC(=O)c2cnn(-c3ccccc3)n2)ncn1. The van der Waals surface area contributed by atoms with Gasteiger partial charge in [0.2, 0.25) is 0 Å². The van der Waals surface area contributed by atoms with Crippen LogP contribution in [0.25, 0.3) is 11.5 Å². The van der Waals surface area contributed by atoms with Crippen LogP contribution in [0.15, 0.2) is 61.3 Å². The lowest BCUT2D eigenvalue weighted by atomic mass is 10.3. The highest BCUT2D eigenvalue weighted by Crippen LogP contribution is 2.10. The van der Waals surface area contributed by atoms with E-state index in [1.54, 1.807) is 6.20 Å². The molecule has 3 heterocycles. The zero-order valence-corrected chi connectivity index (χ0v) is 15.7. The topological polar surface area (TPSA) is 115 Å². The first-order valence-corrected chi connectivity index (χ1v) is 9.03. The third-order valence-corrected chi connectivity index (χ3v) is 4.15. The van der Waals surface area contributed by atoms with Crippen molar-refractivity contribution in [3.05, 3.63) is 72.8 Å². The molecule has 29 heavy (non-hydrogen) atoms. The Bertz CT molecular complexity index is 1100. The lowest BCUT2D eigenvalue weighted by Gasteiger charge is -2.08. The van der Waals surface area contributed by atoms with Crippen LogP contribution in [0.1, 0.15) is 16.3 Å². The van der Waals surface area contributed by atoms with Crippen LogP contribution in [-0.4, -0.2) is 53.5 Å². The minimum atomic E-state index is -0.286. The Balaban J connectivity index is 1.29. The van der Waals surface area contributed by atoms with Gasteiger partial charge in [0.05, 0.1) is 11.9 Å². The number of hydrogen-bond acceptors (Lipinski definition) is 7. The second-order valence-electron chi connectivity index (χ2n) is 6.14. The van der Waals surface area contributed by atoms with E-state index in [-0.39, 0.29) is 11.6 Å². The first kappa shape index (κ1) is 18.3. The van der Waals surface area contributed by atoms with E-state index in [1.165, 1.54) is 17.3 Å². The number of imidazole rings is 1. The Kier molecular flexibility index (Phi) is 5.23. The number of anilines is 1. The number of nitrogens with zero attached hydrogens (tertiary/aromatic N) is 7. The highest BCUT2D eigenvalue weighted by Gasteiger charge is 2.11. The number of aromatic nitrogens is 7. The highest BCUT2D eigenvalue weighted by atomic mass is 16.2. The van der Waals surface area contributed by atoms with Gasteiger partial charge in [0.25, 0.3) is 5.91 Å². The van der Waals surface area contributed by atoms with Crippen LogP contribution in [0.3, 0.4) is 0 Å². The van der Waals surface area contributed by atoms with E-state index in [1.807, 2.05) is 54.1 Å². The molecule has 4 rings (SSSR count). The minimum Gasteiger partial charge on any atom is -0.368 e. The van der Waals surface area contributed by atoms with Gasteiger partial charge in [-0.15, -0.1) is 5.10 Å². The molecular formula is C19H19N9O. The molecule has 0 unspecified atom stereocenters. The fourth-order valence-electron chi connectivity index (χ4n) is 2.71. The summed E-state index contributed by atoms with van der Waals surface area (Å²) in [5.74, 6) is 1.93. The van der Waals surface area contributed by atoms with Crippen molar-refractivity contribution in [2.75, 3.05) is 18.4 Å². The number of rotatable bonds is 7. The number of carbonyl (C=O) groups excluding carboxylic acids is 1. The largest absolute Gasteiger partial charge is 0.368 e. The molecule has 0 aliphatic heterocycles. The molecule has 0 saturated carbocycles. The molecule has 1 amide bonds. The van der Waals surface area contributed by atoms with Crippen molar-refractivity contribution in [1.82, 2.24) is 39.8 Å². The summed E-state index contributed by atoms with van der Waals surface area (Å²) in [6, 6.07) is 11.2. The van der Waals surface area contributed by atoms with Gasteiger partial charge in [-0.05, 0) is 19.1 Å². The molecule has 0 aliphatic carbocycles. The zero-order chi connectivity index (χ0) is 20.1. The molecule has 2 N–H and O–H groups in total. The third kappa shape index (κ3) is 4.26. The quantitative estimate of drug-likeness (QED) is 0.459. The van der Waals surface area contributed by atoms with Crippen LogP contribution in [0.2, 0.25) is 0 Å². The number of para-hydroxylation sites is 1. The molecule has 0 aliphatic rings. The first-order chi connectivity index (χ1) is 14.2. The molecule has 10 heteroatoms. The van der Waals surface area contributed by atoms with Gasteiger partial charge in [-0.1, -0.05) is 18.2 Å². The van der Waals surface area contributed by atoms with Gasteiger partial charge in [-0.25, -0.2) is 15.0 Å². The Labute approximate surface area is 166 Å². The van der Waals surface area contributed by atoms with E-state index in [9.17, 15) is 4.79 Å². The monoisotopic (exact) mass is 389 g/mol. The highest BCUT2D eigenvalue weighted by molar-refractivity contribution is 5.91. The van der Waals surface area contributed by atoms with Gasteiger partial charge >= 0.3 is 0 Å². The normalized spacial score (nSPS) is 10.7. The van der Waals surface area contributed by atoms with E-state index in [2.05, 4.69) is 35.8 Å². The van der Waals surface area contributed by atoms with Crippen LogP contribution in [0.5, 0.6) is 0 Å². The summed E-state index contributed by atoms with van der Waals surface area (Å²) in [7, 11) is 0. The van der Waals surface area contributed by atoms with E-state index in [4.69, 9.17) is 0 Å². The summed E-state index contributed by atoms with van der Waals surface area (Å²) < 4.78 is 1.87. The summed E-state index contributed by atoms with van der Waals surface area (Å²) in [6.45, 7) is 2.80. The second-order valence-corrected chi connectivity index (χ2v) is 6.14. The fourth-order valence-corrected chi connectivity index (χ4v) is 2.71. The predicted octanol–water partition coefficient (Wildman–Crippen LogP) is 1.39. The Hall–Kier alpha value is -4.08. The van der Waals surface area contributed by atoms with E-state index >= 15 is 0 Å². The molecule has 0 saturated heterocycles. The molecule has 3 aromatic heterocycles. The molecule has 4 aromatic rings. The molecule has 0 atom stereocenters. The maximum atomic E-state index is 12.3. The Morgan fingerprint density at radius 2 is 1.97 bits per heavy atom. The van der Waals surface area contributed by atoms with E-state index in [0.717, 1.165) is 17.3 Å². The van der Waals surface area contributed by atoms with E-state index in [0.29, 0.717) is 18.9 Å². The number of carbonyl (C=O) groups is 1. The van der Waals surface area contributed by atoms with Gasteiger partial charge < -0.3 is 10.6 Å². The van der Waals surface area contributed by atoms with Crippen molar-refractivity contribution in [2.24, 2.45) is 0 Å². The number of hydrogen-bond donors (Lipinski definition) is 2. The van der Waals surface area contributed by atoms with Crippen molar-refractivity contribution in [1.29, 1.82) is 0 Å². The molecule has 0 spiro atoms. The maximum Gasteiger partial charge on any atom is 0.273 e. The molecule has 1 aromatic carbocycles. The van der Waals surface area contributed by atoms with Crippen molar-refractivity contribution >= 4 is 11.7 Å². The lowest BCUT2D eigenvalue weighted by Crippen LogP contribution is -2.29. The number of benzene rings is 1. The van der Waals surface area contributed by atoms with Gasteiger partial charge in [0.1, 0.15) is 23.8 Å². The number of nitrogens with one attached hydrogen (secondary N) is 2. The lowest BCUT2D eigenvalue weighted by molar-refractivity contribution is 0.0950. The van der Waals surface area contributed by atoms with Crippen molar-refractivity contribution in [3.63, 3.8) is 0 Å². The maximum absolute atomic E-state index is 12.3. The fraction of sp³-hybridized carbons (Fsp3) is 0.158. The molecular weight excluding hydrogens is 370 g/mol. The van der Waals surface area contributed by atoms with Gasteiger partial charge in [0.15, 0.2) is 5.69 Å². The summed E-state index contributed by atoms with van der Waals surface area (Å²) in [6.07, 6.45) is 6.48. The average molecular weight is 389 g/mol. The molecule has 0 fully saturated rings. The molecule has 0 bridgehead atoms. The third-order valence-electron chi connectivity index (χ3n) is 4.15. The minimum absolute atomic E-state index is 0.258. The van der Waals surface area contributed by atoms with Crippen LogP contribution in [-0.2, 0) is 0 Å². The summed E-state index contributed by atoms with van der Waals surface area (Å²) in [5.41, 5.74) is 1.05. The second kappa shape index (κ2) is 8.30. The summed E-state index contributed by atoms with van der Waals surface area (Å²) in [5, 5.41) is 14.3. The van der Waals surface area contributed by atoms with Crippen LogP contribution in [0.4, 0.5) is 5.82 Å². The van der Waals surface area contributed by atoms with Crippen LogP contribution < -0.4 is 10.6 Å². The molecule has 0 radical (unpaired) electrons. The van der Waals surface area contributed by atoms with Gasteiger partial charge in [-0.2, -0.15) is 9.90 Å². The average Bonchev–Trinajstić information content (AvgIpc) is 3.41. The van der Waals surface area contributed by atoms with Crippen molar-refractivity contribution in [3.8, 4) is 11.5 Å². The van der Waals surface area contributed by atoms with Crippen molar-refractivity contribution < 1.29 is 4.79 Å². The van der Waals surface area contributed by atoms with Crippen LogP contribution in [0, 0.1) is 6.92 Å². The van der Waals surface area contributed by atoms with Gasteiger partial charge in [0, 0.05) is 31.5 Å². The Morgan fingerprint density at radius 1 is 1.10 bits per heavy atom. The molecule has 146 valence electrons. The number of amides is 1. The Morgan fingerprint density at radius 3 is 2.76 bits per heavy atom. The summed E-state index contributed by atoms with van der Waals surface area (Å²) >= 11 is 0. The summed E-state index contributed by atoms with van der Waals surface area (Å²) in [4.78, 5) is 26.3. The zero-order valence-electron chi connectivity index (χ0n) is 15.7. The predicted molar refractivity (Wildman–Crippen MR) is 106 cm³/mol. The van der Waals surface area contributed by atoms with E-state index < -0.39 is 0 Å². The number of aryl methyl sites for hydroxylation is 1. The smallest absolute Gasteiger partial charge is 0.273 e. The first-order valence-electron chi connectivity index (χ1n) is 9.03. The van der Waals surface area contributed by atoms with Crippen molar-refractivity contribution in [2.45, 2.75) is 6.92 Å².